The van der Waals surface area contributed by atoms with Crippen molar-refractivity contribution < 1.29 is 0 Å². The van der Waals surface area contributed by atoms with E-state index in [-0.39, 0.29) is 0 Å². The van der Waals surface area contributed by atoms with Gasteiger partial charge < -0.3 is 5.41 Å². The van der Waals surface area contributed by atoms with Crippen LogP contribution in [0.4, 0.5) is 0 Å². The molecular weight excluding hydrogens is 266 g/mol. The molecule has 7 atom stereocenters. The van der Waals surface area contributed by atoms with Crippen molar-refractivity contribution in [3.05, 3.63) is 12.2 Å². The van der Waals surface area contributed by atoms with Gasteiger partial charge in [-0.25, -0.2) is 0 Å². The van der Waals surface area contributed by atoms with Gasteiger partial charge in [0.15, 0.2) is 0 Å². The number of nitrogens with one attached hydrogen (secondary N) is 1. The number of allylic oxidation sites excluding steroid dienone is 1. The molecule has 1 heteroatoms. The first-order valence-corrected chi connectivity index (χ1v) is 9.68. The molecule has 22 heavy (non-hydrogen) atoms. The van der Waals surface area contributed by atoms with Crippen LogP contribution in [-0.2, 0) is 0 Å². The average molecular weight is 297 g/mol. The van der Waals surface area contributed by atoms with Gasteiger partial charge in [0.1, 0.15) is 0 Å². The van der Waals surface area contributed by atoms with Gasteiger partial charge in [-0.05, 0) is 98.7 Å². The zero-order valence-corrected chi connectivity index (χ0v) is 14.4. The zero-order chi connectivity index (χ0) is 15.3. The first-order valence-electron chi connectivity index (χ1n) is 9.68. The van der Waals surface area contributed by atoms with Crippen LogP contribution in [0.5, 0.6) is 0 Å². The summed E-state index contributed by atoms with van der Waals surface area (Å²) in [5, 5.41) is 8.30. The van der Waals surface area contributed by atoms with Crippen LogP contribution in [0.3, 0.4) is 0 Å². The molecule has 0 aliphatic heterocycles. The summed E-state index contributed by atoms with van der Waals surface area (Å²) in [7, 11) is 0. The summed E-state index contributed by atoms with van der Waals surface area (Å²) in [6.07, 6.45) is 12.7. The molecule has 0 heterocycles. The standard InChI is InChI=1S/C21H31N/c1-13-6-10-20-15(12-13)7-11-21(20)17-5-4-16(14(2)22)19(17,3)9-8-18(20)21/h15-18,22H,1,4-12H2,2-3H3. The smallest absolute Gasteiger partial charge is 0.00946 e. The zero-order valence-electron chi connectivity index (χ0n) is 14.4. The van der Waals surface area contributed by atoms with Crippen LogP contribution in [0, 0.1) is 45.3 Å². The third-order valence-corrected chi connectivity index (χ3v) is 9.54. The SMILES string of the molecule is C=C1CCC23C(CCC24C2CCC(C(C)=N)C2(C)CCC34)C1. The van der Waals surface area contributed by atoms with E-state index < -0.39 is 0 Å². The Morgan fingerprint density at radius 1 is 1.05 bits per heavy atom. The molecule has 0 bridgehead atoms. The van der Waals surface area contributed by atoms with Gasteiger partial charge in [-0.1, -0.05) is 19.1 Å². The molecule has 5 aliphatic rings. The lowest BCUT2D eigenvalue weighted by Gasteiger charge is -2.45. The van der Waals surface area contributed by atoms with Crippen molar-refractivity contribution in [2.75, 3.05) is 0 Å². The molecule has 1 N–H and O–H groups in total. The lowest BCUT2D eigenvalue weighted by atomic mass is 9.59. The second kappa shape index (κ2) is 3.90. The molecule has 5 saturated carbocycles. The Hall–Kier alpha value is -0.590. The summed E-state index contributed by atoms with van der Waals surface area (Å²) in [6, 6.07) is 0. The Morgan fingerprint density at radius 3 is 2.64 bits per heavy atom. The predicted molar refractivity (Wildman–Crippen MR) is 91.0 cm³/mol. The molecule has 5 aliphatic carbocycles. The summed E-state index contributed by atoms with van der Waals surface area (Å²) in [4.78, 5) is 0. The van der Waals surface area contributed by atoms with Crippen LogP contribution in [-0.4, -0.2) is 5.71 Å². The van der Waals surface area contributed by atoms with E-state index in [1.165, 1.54) is 57.8 Å². The van der Waals surface area contributed by atoms with Crippen molar-refractivity contribution in [1.29, 1.82) is 5.41 Å². The highest BCUT2D eigenvalue weighted by molar-refractivity contribution is 5.82. The highest BCUT2D eigenvalue weighted by atomic mass is 14.9. The van der Waals surface area contributed by atoms with Gasteiger partial charge in [-0.3, -0.25) is 0 Å². The van der Waals surface area contributed by atoms with Crippen LogP contribution < -0.4 is 0 Å². The van der Waals surface area contributed by atoms with Crippen LogP contribution in [0.15, 0.2) is 12.2 Å². The lowest BCUT2D eigenvalue weighted by molar-refractivity contribution is 0.0516. The summed E-state index contributed by atoms with van der Waals surface area (Å²) in [5.74, 6) is 3.54. The van der Waals surface area contributed by atoms with Gasteiger partial charge in [-0.15, -0.1) is 0 Å². The third-order valence-electron chi connectivity index (χ3n) is 9.54. The first kappa shape index (κ1) is 13.8. The molecule has 0 amide bonds. The van der Waals surface area contributed by atoms with Gasteiger partial charge in [0.05, 0.1) is 0 Å². The largest absolute Gasteiger partial charge is 0.310 e. The summed E-state index contributed by atoms with van der Waals surface area (Å²) in [6.45, 7) is 8.97. The molecule has 0 aromatic carbocycles. The van der Waals surface area contributed by atoms with Crippen molar-refractivity contribution >= 4 is 5.71 Å². The molecule has 7 unspecified atom stereocenters. The van der Waals surface area contributed by atoms with Crippen molar-refractivity contribution in [3.8, 4) is 0 Å². The van der Waals surface area contributed by atoms with Crippen LogP contribution in [0.2, 0.25) is 0 Å². The maximum Gasteiger partial charge on any atom is 0.00946 e. The molecular formula is C21H31N. The van der Waals surface area contributed by atoms with Crippen LogP contribution >= 0.6 is 0 Å². The minimum Gasteiger partial charge on any atom is -0.310 e. The van der Waals surface area contributed by atoms with Gasteiger partial charge in [0.25, 0.3) is 0 Å². The van der Waals surface area contributed by atoms with Gasteiger partial charge in [0, 0.05) is 11.6 Å². The molecule has 0 radical (unpaired) electrons. The van der Waals surface area contributed by atoms with E-state index in [1.54, 1.807) is 5.57 Å². The Kier molecular flexibility index (Phi) is 2.45. The van der Waals surface area contributed by atoms with Crippen molar-refractivity contribution in [2.45, 2.75) is 71.6 Å². The van der Waals surface area contributed by atoms with Crippen LogP contribution in [0.25, 0.3) is 0 Å². The van der Waals surface area contributed by atoms with E-state index in [0.29, 0.717) is 16.7 Å². The van der Waals surface area contributed by atoms with E-state index in [2.05, 4.69) is 20.4 Å². The lowest BCUT2D eigenvalue weighted by Crippen LogP contribution is -2.40. The highest BCUT2D eigenvalue weighted by Gasteiger charge is 2.85. The maximum absolute atomic E-state index is 8.30. The van der Waals surface area contributed by atoms with E-state index >= 15 is 0 Å². The molecule has 0 aromatic rings. The topological polar surface area (TPSA) is 23.9 Å². The molecule has 5 fully saturated rings. The molecule has 1 nitrogen and oxygen atoms in total. The second-order valence-electron chi connectivity index (χ2n) is 9.73. The van der Waals surface area contributed by atoms with Gasteiger partial charge in [0.2, 0.25) is 0 Å². The molecule has 0 aromatic heterocycles. The maximum atomic E-state index is 8.30. The minimum absolute atomic E-state index is 0.454. The fraction of sp³-hybridized carbons (Fsp3) is 0.857. The van der Waals surface area contributed by atoms with Gasteiger partial charge >= 0.3 is 0 Å². The first-order chi connectivity index (χ1) is 10.5. The summed E-state index contributed by atoms with van der Waals surface area (Å²) >= 11 is 0. The summed E-state index contributed by atoms with van der Waals surface area (Å²) in [5.41, 5.74) is 4.39. The summed E-state index contributed by atoms with van der Waals surface area (Å²) < 4.78 is 0. The fourth-order valence-corrected chi connectivity index (χ4v) is 9.07. The Balaban J connectivity index is 1.56. The minimum atomic E-state index is 0.454. The van der Waals surface area contributed by atoms with Crippen molar-refractivity contribution in [1.82, 2.24) is 0 Å². The fourth-order valence-electron chi connectivity index (χ4n) is 9.07. The van der Waals surface area contributed by atoms with Gasteiger partial charge in [-0.2, -0.15) is 0 Å². The molecule has 2 spiro atoms. The van der Waals surface area contributed by atoms with Crippen molar-refractivity contribution in [3.63, 3.8) is 0 Å². The van der Waals surface area contributed by atoms with E-state index in [1.807, 2.05) is 0 Å². The third kappa shape index (κ3) is 1.22. The van der Waals surface area contributed by atoms with E-state index in [4.69, 9.17) is 5.41 Å². The number of rotatable bonds is 1. The number of fused-ring (bicyclic) bond motifs is 1. The number of hydrogen-bond donors (Lipinski definition) is 1. The van der Waals surface area contributed by atoms with E-state index in [9.17, 15) is 0 Å². The second-order valence-corrected chi connectivity index (χ2v) is 9.73. The Morgan fingerprint density at radius 2 is 1.86 bits per heavy atom. The molecule has 120 valence electrons. The predicted octanol–water partition coefficient (Wildman–Crippen LogP) is 5.61. The monoisotopic (exact) mass is 297 g/mol. The number of hydrogen-bond acceptors (Lipinski definition) is 1. The molecule has 5 rings (SSSR count). The highest BCUT2D eigenvalue weighted by Crippen LogP contribution is 2.91. The van der Waals surface area contributed by atoms with Crippen molar-refractivity contribution in [2.24, 2.45) is 39.9 Å². The average Bonchev–Trinajstić information content (AvgIpc) is 2.74. The normalized spacial score (nSPS) is 58.5. The quantitative estimate of drug-likeness (QED) is 0.481. The van der Waals surface area contributed by atoms with E-state index in [0.717, 1.165) is 28.9 Å². The Labute approximate surface area is 135 Å². The Bertz CT molecular complexity index is 576. The molecule has 0 saturated heterocycles. The van der Waals surface area contributed by atoms with Crippen LogP contribution in [0.1, 0.15) is 71.6 Å².